The predicted octanol–water partition coefficient (Wildman–Crippen LogP) is 4.39. The number of benzene rings is 2. The van der Waals surface area contributed by atoms with Crippen LogP contribution in [0, 0.1) is 0 Å². The molecule has 0 aromatic heterocycles. The summed E-state index contributed by atoms with van der Waals surface area (Å²) in [5.41, 5.74) is 1.65. The minimum Gasteiger partial charge on any atom is -0.351 e. The lowest BCUT2D eigenvalue weighted by atomic mass is 9.72. The Labute approximate surface area is 158 Å². The zero-order chi connectivity index (χ0) is 17.9. The highest BCUT2D eigenvalue weighted by Gasteiger charge is 2.35. The summed E-state index contributed by atoms with van der Waals surface area (Å²) in [4.78, 5) is 15.0. The lowest BCUT2D eigenvalue weighted by molar-refractivity contribution is 0.0928. The van der Waals surface area contributed by atoms with Gasteiger partial charge in [-0.15, -0.1) is 0 Å². The van der Waals surface area contributed by atoms with Gasteiger partial charge in [0.05, 0.1) is 15.6 Å². The van der Waals surface area contributed by atoms with Gasteiger partial charge < -0.3 is 10.2 Å². The SMILES string of the molecule is CN1CCC(CNC(=O)c2cccc(Cl)c2Cl)(c2ccccc2)CC1. The van der Waals surface area contributed by atoms with Crippen molar-refractivity contribution in [3.05, 3.63) is 69.7 Å². The van der Waals surface area contributed by atoms with E-state index in [-0.39, 0.29) is 11.3 Å². The molecule has 25 heavy (non-hydrogen) atoms. The van der Waals surface area contributed by atoms with Crippen molar-refractivity contribution in [1.29, 1.82) is 0 Å². The van der Waals surface area contributed by atoms with E-state index in [0.29, 0.717) is 22.2 Å². The topological polar surface area (TPSA) is 32.3 Å². The molecule has 0 aliphatic carbocycles. The van der Waals surface area contributed by atoms with Gasteiger partial charge in [0, 0.05) is 12.0 Å². The van der Waals surface area contributed by atoms with E-state index >= 15 is 0 Å². The van der Waals surface area contributed by atoms with Crippen LogP contribution in [0.2, 0.25) is 10.0 Å². The van der Waals surface area contributed by atoms with Crippen molar-refractivity contribution < 1.29 is 4.79 Å². The highest BCUT2D eigenvalue weighted by Crippen LogP contribution is 2.35. The standard InChI is InChI=1S/C20H22Cl2N2O/c1-24-12-10-20(11-13-24,15-6-3-2-4-7-15)14-23-19(25)16-8-5-9-17(21)18(16)22/h2-9H,10-14H2,1H3,(H,23,25). The normalized spacial score (nSPS) is 17.2. The maximum absolute atomic E-state index is 12.6. The van der Waals surface area contributed by atoms with E-state index in [9.17, 15) is 4.79 Å². The van der Waals surface area contributed by atoms with Crippen LogP contribution in [0.3, 0.4) is 0 Å². The van der Waals surface area contributed by atoms with Gasteiger partial charge in [-0.25, -0.2) is 0 Å². The molecule has 1 fully saturated rings. The monoisotopic (exact) mass is 376 g/mol. The van der Waals surface area contributed by atoms with Gasteiger partial charge in [0.25, 0.3) is 5.91 Å². The Balaban J connectivity index is 1.80. The van der Waals surface area contributed by atoms with Crippen LogP contribution < -0.4 is 5.32 Å². The van der Waals surface area contributed by atoms with Crippen LogP contribution >= 0.6 is 23.2 Å². The highest BCUT2D eigenvalue weighted by molar-refractivity contribution is 6.43. The van der Waals surface area contributed by atoms with Gasteiger partial charge in [0.2, 0.25) is 0 Å². The van der Waals surface area contributed by atoms with Gasteiger partial charge in [-0.1, -0.05) is 59.6 Å². The number of carbonyl (C=O) groups is 1. The van der Waals surface area contributed by atoms with Gasteiger partial charge in [0.15, 0.2) is 0 Å². The lowest BCUT2D eigenvalue weighted by Crippen LogP contribution is -2.48. The maximum Gasteiger partial charge on any atom is 0.252 e. The van der Waals surface area contributed by atoms with Crippen molar-refractivity contribution in [2.45, 2.75) is 18.3 Å². The average Bonchev–Trinajstić information content (AvgIpc) is 2.64. The Morgan fingerprint density at radius 1 is 1.08 bits per heavy atom. The first-order valence-corrected chi connectivity index (χ1v) is 9.24. The number of halogens is 2. The number of rotatable bonds is 4. The van der Waals surface area contributed by atoms with E-state index in [4.69, 9.17) is 23.2 Å². The zero-order valence-corrected chi connectivity index (χ0v) is 15.8. The van der Waals surface area contributed by atoms with Crippen molar-refractivity contribution in [3.63, 3.8) is 0 Å². The number of hydrogen-bond donors (Lipinski definition) is 1. The molecule has 3 rings (SSSR count). The quantitative estimate of drug-likeness (QED) is 0.857. The number of hydrogen-bond acceptors (Lipinski definition) is 2. The fraction of sp³-hybridized carbons (Fsp3) is 0.350. The van der Waals surface area contributed by atoms with Gasteiger partial charge >= 0.3 is 0 Å². The first-order chi connectivity index (χ1) is 12.0. The molecule has 0 unspecified atom stereocenters. The summed E-state index contributed by atoms with van der Waals surface area (Å²) in [5.74, 6) is -0.179. The molecular formula is C20H22Cl2N2O. The number of carbonyl (C=O) groups excluding carboxylic acids is 1. The summed E-state index contributed by atoms with van der Waals surface area (Å²) in [6.45, 7) is 2.62. The average molecular weight is 377 g/mol. The molecule has 1 aliphatic heterocycles. The Morgan fingerprint density at radius 2 is 1.76 bits per heavy atom. The van der Waals surface area contributed by atoms with E-state index in [0.717, 1.165) is 25.9 Å². The number of piperidine rings is 1. The van der Waals surface area contributed by atoms with Gasteiger partial charge in [-0.3, -0.25) is 4.79 Å². The third kappa shape index (κ3) is 4.00. The fourth-order valence-electron chi connectivity index (χ4n) is 3.43. The molecule has 1 N–H and O–H groups in total. The molecule has 1 heterocycles. The van der Waals surface area contributed by atoms with E-state index in [1.54, 1.807) is 18.2 Å². The van der Waals surface area contributed by atoms with Crippen molar-refractivity contribution in [1.82, 2.24) is 10.2 Å². The molecule has 1 saturated heterocycles. The molecule has 0 saturated carbocycles. The van der Waals surface area contributed by atoms with Crippen molar-refractivity contribution >= 4 is 29.1 Å². The molecule has 0 atom stereocenters. The second kappa shape index (κ2) is 7.77. The third-order valence-electron chi connectivity index (χ3n) is 5.11. The smallest absolute Gasteiger partial charge is 0.252 e. The fourth-order valence-corrected chi connectivity index (χ4v) is 3.82. The Morgan fingerprint density at radius 3 is 2.44 bits per heavy atom. The first-order valence-electron chi connectivity index (χ1n) is 8.48. The van der Waals surface area contributed by atoms with Crippen LogP contribution in [0.5, 0.6) is 0 Å². The molecule has 132 valence electrons. The van der Waals surface area contributed by atoms with Crippen molar-refractivity contribution in [2.24, 2.45) is 0 Å². The molecule has 0 spiro atoms. The van der Waals surface area contributed by atoms with Crippen LogP contribution in [0.1, 0.15) is 28.8 Å². The highest BCUT2D eigenvalue weighted by atomic mass is 35.5. The molecule has 2 aromatic rings. The molecule has 1 amide bonds. The minimum atomic E-state index is -0.179. The Bertz CT molecular complexity index is 741. The molecule has 0 radical (unpaired) electrons. The summed E-state index contributed by atoms with van der Waals surface area (Å²) in [6, 6.07) is 15.6. The van der Waals surface area contributed by atoms with E-state index in [1.165, 1.54) is 5.56 Å². The predicted molar refractivity (Wildman–Crippen MR) is 104 cm³/mol. The number of nitrogens with one attached hydrogen (secondary N) is 1. The van der Waals surface area contributed by atoms with Gasteiger partial charge in [-0.05, 0) is 50.7 Å². The number of amides is 1. The largest absolute Gasteiger partial charge is 0.351 e. The molecule has 1 aliphatic rings. The van der Waals surface area contributed by atoms with Crippen LogP contribution in [0.25, 0.3) is 0 Å². The van der Waals surface area contributed by atoms with Crippen LogP contribution in [-0.4, -0.2) is 37.5 Å². The minimum absolute atomic E-state index is 0.0471. The molecule has 5 heteroatoms. The van der Waals surface area contributed by atoms with Crippen molar-refractivity contribution in [2.75, 3.05) is 26.7 Å². The lowest BCUT2D eigenvalue weighted by Gasteiger charge is -2.41. The Hall–Kier alpha value is -1.55. The Kier molecular flexibility index (Phi) is 5.67. The van der Waals surface area contributed by atoms with Gasteiger partial charge in [-0.2, -0.15) is 0 Å². The molecular weight excluding hydrogens is 355 g/mol. The third-order valence-corrected chi connectivity index (χ3v) is 5.93. The van der Waals surface area contributed by atoms with E-state index in [1.807, 2.05) is 6.07 Å². The first kappa shape index (κ1) is 18.2. The summed E-state index contributed by atoms with van der Waals surface area (Å²) in [6.07, 6.45) is 2.02. The summed E-state index contributed by atoms with van der Waals surface area (Å²) in [5, 5.41) is 3.79. The molecule has 2 aromatic carbocycles. The number of likely N-dealkylation sites (tertiary alicyclic amines) is 1. The van der Waals surface area contributed by atoms with E-state index < -0.39 is 0 Å². The second-order valence-corrected chi connectivity index (χ2v) is 7.52. The zero-order valence-electron chi connectivity index (χ0n) is 14.3. The molecule has 3 nitrogen and oxygen atoms in total. The summed E-state index contributed by atoms with van der Waals surface area (Å²) >= 11 is 12.2. The number of nitrogens with zero attached hydrogens (tertiary/aromatic N) is 1. The van der Waals surface area contributed by atoms with Crippen LogP contribution in [0.4, 0.5) is 0 Å². The van der Waals surface area contributed by atoms with Crippen LogP contribution in [0.15, 0.2) is 48.5 Å². The summed E-state index contributed by atoms with van der Waals surface area (Å²) in [7, 11) is 2.14. The second-order valence-electron chi connectivity index (χ2n) is 6.73. The maximum atomic E-state index is 12.6. The van der Waals surface area contributed by atoms with Gasteiger partial charge in [0.1, 0.15) is 0 Å². The molecule has 0 bridgehead atoms. The summed E-state index contributed by atoms with van der Waals surface area (Å²) < 4.78 is 0. The van der Waals surface area contributed by atoms with E-state index in [2.05, 4.69) is 41.5 Å². The van der Waals surface area contributed by atoms with Crippen molar-refractivity contribution in [3.8, 4) is 0 Å². The van der Waals surface area contributed by atoms with Crippen LogP contribution in [-0.2, 0) is 5.41 Å².